The van der Waals surface area contributed by atoms with Crippen LogP contribution >= 0.6 is 0 Å². The van der Waals surface area contributed by atoms with Crippen LogP contribution in [-0.2, 0) is 33.3 Å². The Hall–Kier alpha value is -2.49. The Balaban J connectivity index is 4.06. The molecule has 2 atom stereocenters. The average Bonchev–Trinajstić information content (AvgIpc) is 3.33. The van der Waals surface area contributed by atoms with E-state index in [1.54, 1.807) is 0 Å². The number of aliphatic carboxylic acids is 1. The maximum atomic E-state index is 12.8. The number of carboxylic acids is 1. The number of carbonyl (C=O) groups is 3. The summed E-state index contributed by atoms with van der Waals surface area (Å²) in [6.07, 6.45) is 61.0. The fraction of sp³-hybridized carbons (Fsp3) is 0.852. The van der Waals surface area contributed by atoms with E-state index in [-0.39, 0.29) is 32.2 Å². The summed E-state index contributed by atoms with van der Waals surface area (Å²) in [5.74, 6) is -2.01. The van der Waals surface area contributed by atoms with Gasteiger partial charge in [-0.05, 0) is 64.2 Å². The van der Waals surface area contributed by atoms with Crippen molar-refractivity contribution >= 4 is 17.9 Å². The Bertz CT molecular complexity index is 1240. The Morgan fingerprint density at radius 3 is 1.19 bits per heavy atom. The largest absolute Gasteiger partial charge is 0.477 e. The normalized spacial score (nSPS) is 13.0. The second-order valence-electron chi connectivity index (χ2n) is 21.3. The summed E-state index contributed by atoms with van der Waals surface area (Å²) in [6, 6.07) is 0. The van der Waals surface area contributed by atoms with E-state index >= 15 is 0 Å². The third-order valence-electron chi connectivity index (χ3n) is 13.1. The van der Waals surface area contributed by atoms with Gasteiger partial charge in [0.2, 0.25) is 0 Å². The molecule has 0 rings (SSSR count). The van der Waals surface area contributed by atoms with Gasteiger partial charge in [-0.25, -0.2) is 4.79 Å². The molecule has 0 aromatic heterocycles. The first kappa shape index (κ1) is 67.5. The number of allylic oxidation sites excluding steroid dienone is 6. The standard InChI is InChI=1S/C61H113NO8/c1-6-8-10-12-14-16-18-20-22-23-24-25-26-27-28-29-30-31-32-33-34-35-36-37-38-40-41-43-45-47-49-51-58(63)68-55-57(56-69-61(60(65)66)67-54-53-62(3,4)5)70-59(64)52-50-48-46-44-42-39-21-19-17-15-13-11-9-7-2/h13,15,19,21,23-24,57,61H,6-12,14,16-18,20,22,25-56H2,1-5H3/p+1/b15-13-,21-19-,24-23-. The van der Waals surface area contributed by atoms with E-state index < -0.39 is 24.3 Å². The van der Waals surface area contributed by atoms with Crippen molar-refractivity contribution in [3.63, 3.8) is 0 Å². The number of esters is 2. The Morgan fingerprint density at radius 1 is 0.429 bits per heavy atom. The number of unbranched alkanes of at least 4 members (excludes halogenated alkanes) is 34. The first-order valence-electron chi connectivity index (χ1n) is 29.7. The molecule has 0 saturated heterocycles. The van der Waals surface area contributed by atoms with Crippen LogP contribution in [0, 0.1) is 0 Å². The number of quaternary nitrogens is 1. The van der Waals surface area contributed by atoms with Crippen LogP contribution in [0.4, 0.5) is 0 Å². The molecule has 1 N–H and O–H groups in total. The molecule has 0 aliphatic rings. The summed E-state index contributed by atoms with van der Waals surface area (Å²) in [5, 5.41) is 9.68. The van der Waals surface area contributed by atoms with Gasteiger partial charge in [-0.3, -0.25) is 9.59 Å². The molecule has 2 unspecified atom stereocenters. The number of nitrogens with zero attached hydrogens (tertiary/aromatic N) is 1. The van der Waals surface area contributed by atoms with Gasteiger partial charge in [0.15, 0.2) is 6.10 Å². The Kier molecular flexibility index (Phi) is 50.9. The summed E-state index contributed by atoms with van der Waals surface area (Å²) in [4.78, 5) is 37.3. The number of carbonyl (C=O) groups excluding carboxylic acids is 2. The predicted molar refractivity (Wildman–Crippen MR) is 295 cm³/mol. The van der Waals surface area contributed by atoms with E-state index in [2.05, 4.69) is 50.3 Å². The highest BCUT2D eigenvalue weighted by Gasteiger charge is 2.25. The van der Waals surface area contributed by atoms with Crippen molar-refractivity contribution in [1.82, 2.24) is 0 Å². The molecule has 0 aromatic rings. The maximum absolute atomic E-state index is 12.8. The van der Waals surface area contributed by atoms with Crippen molar-refractivity contribution in [2.75, 3.05) is 47.5 Å². The second kappa shape index (κ2) is 52.8. The van der Waals surface area contributed by atoms with Gasteiger partial charge in [0.1, 0.15) is 13.2 Å². The second-order valence-corrected chi connectivity index (χ2v) is 21.3. The molecule has 0 aliphatic heterocycles. The zero-order valence-electron chi connectivity index (χ0n) is 46.7. The lowest BCUT2D eigenvalue weighted by molar-refractivity contribution is -0.870. The molecule has 9 nitrogen and oxygen atoms in total. The van der Waals surface area contributed by atoms with Crippen LogP contribution in [0.1, 0.15) is 277 Å². The van der Waals surface area contributed by atoms with Crippen molar-refractivity contribution in [2.24, 2.45) is 0 Å². The zero-order chi connectivity index (χ0) is 51.3. The van der Waals surface area contributed by atoms with Gasteiger partial charge in [0.25, 0.3) is 6.29 Å². The van der Waals surface area contributed by atoms with Crippen molar-refractivity contribution in [3.8, 4) is 0 Å². The van der Waals surface area contributed by atoms with Gasteiger partial charge in [0.05, 0.1) is 34.4 Å². The van der Waals surface area contributed by atoms with Crippen LogP contribution in [0.25, 0.3) is 0 Å². The van der Waals surface area contributed by atoms with Crippen LogP contribution in [0.3, 0.4) is 0 Å². The maximum Gasteiger partial charge on any atom is 0.361 e. The summed E-state index contributed by atoms with van der Waals surface area (Å²) in [6.45, 7) is 4.85. The third-order valence-corrected chi connectivity index (χ3v) is 13.1. The van der Waals surface area contributed by atoms with Crippen molar-refractivity contribution < 1.29 is 42.9 Å². The van der Waals surface area contributed by atoms with E-state index in [1.807, 2.05) is 21.1 Å². The van der Waals surface area contributed by atoms with Crippen LogP contribution in [-0.4, -0.2) is 87.4 Å². The number of rotatable bonds is 55. The molecule has 9 heteroatoms. The molecule has 410 valence electrons. The molecule has 0 bridgehead atoms. The third kappa shape index (κ3) is 53.3. The van der Waals surface area contributed by atoms with Crippen molar-refractivity contribution in [2.45, 2.75) is 289 Å². The van der Waals surface area contributed by atoms with Crippen LogP contribution in [0.15, 0.2) is 36.5 Å². The topological polar surface area (TPSA) is 108 Å². The van der Waals surface area contributed by atoms with Gasteiger partial charge in [-0.1, -0.05) is 237 Å². The molecular weight excluding hydrogens is 875 g/mol. The van der Waals surface area contributed by atoms with Crippen LogP contribution < -0.4 is 0 Å². The van der Waals surface area contributed by atoms with Crippen LogP contribution in [0.2, 0.25) is 0 Å². The van der Waals surface area contributed by atoms with E-state index in [0.29, 0.717) is 23.9 Å². The summed E-state index contributed by atoms with van der Waals surface area (Å²) < 4.78 is 22.8. The highest BCUT2D eigenvalue weighted by Crippen LogP contribution is 2.17. The zero-order valence-corrected chi connectivity index (χ0v) is 46.7. The number of hydrogen-bond donors (Lipinski definition) is 1. The molecule has 0 heterocycles. The Morgan fingerprint density at radius 2 is 0.786 bits per heavy atom. The highest BCUT2D eigenvalue weighted by molar-refractivity contribution is 5.71. The molecule has 0 radical (unpaired) electrons. The SMILES string of the molecule is CCCC/C=C\C/C=C\CCCCCCCC(=O)OC(COC(=O)CCCCCCCCCCCCCCCCCCCCC/C=C\CCCCCCCCCC)COC(OCC[N+](C)(C)C)C(=O)O. The molecule has 0 spiro atoms. The van der Waals surface area contributed by atoms with Crippen molar-refractivity contribution in [1.29, 1.82) is 0 Å². The molecule has 0 aromatic carbocycles. The van der Waals surface area contributed by atoms with Gasteiger partial charge in [-0.15, -0.1) is 0 Å². The minimum Gasteiger partial charge on any atom is -0.477 e. The lowest BCUT2D eigenvalue weighted by Crippen LogP contribution is -2.40. The summed E-state index contributed by atoms with van der Waals surface area (Å²) in [5.41, 5.74) is 0. The van der Waals surface area contributed by atoms with E-state index in [0.717, 1.165) is 64.2 Å². The number of likely N-dealkylation sites (N-methyl/N-ethyl adjacent to an activating group) is 1. The predicted octanol–water partition coefficient (Wildman–Crippen LogP) is 17.3. The lowest BCUT2D eigenvalue weighted by Gasteiger charge is -2.25. The van der Waals surface area contributed by atoms with Gasteiger partial charge in [0, 0.05) is 12.8 Å². The molecular formula is C61H114NO8+. The van der Waals surface area contributed by atoms with E-state index in [9.17, 15) is 19.5 Å². The van der Waals surface area contributed by atoms with Crippen molar-refractivity contribution in [3.05, 3.63) is 36.5 Å². The molecule has 70 heavy (non-hydrogen) atoms. The highest BCUT2D eigenvalue weighted by atomic mass is 16.7. The minimum absolute atomic E-state index is 0.185. The van der Waals surface area contributed by atoms with E-state index in [1.165, 1.54) is 180 Å². The minimum atomic E-state index is -1.51. The number of ether oxygens (including phenoxy) is 4. The Labute approximate surface area is 432 Å². The summed E-state index contributed by atoms with van der Waals surface area (Å²) >= 11 is 0. The fourth-order valence-electron chi connectivity index (χ4n) is 8.50. The first-order chi connectivity index (χ1) is 34.1. The molecule has 0 saturated carbocycles. The van der Waals surface area contributed by atoms with Gasteiger partial charge < -0.3 is 28.5 Å². The fourth-order valence-corrected chi connectivity index (χ4v) is 8.50. The quantitative estimate of drug-likeness (QED) is 0.0211. The molecule has 0 fully saturated rings. The smallest absolute Gasteiger partial charge is 0.361 e. The van der Waals surface area contributed by atoms with Crippen LogP contribution in [0.5, 0.6) is 0 Å². The average molecular weight is 990 g/mol. The number of carboxylic acid groups (broad SMARTS) is 1. The summed E-state index contributed by atoms with van der Waals surface area (Å²) in [7, 11) is 5.96. The first-order valence-corrected chi connectivity index (χ1v) is 29.7. The number of hydrogen-bond acceptors (Lipinski definition) is 7. The molecule has 0 amide bonds. The molecule has 0 aliphatic carbocycles. The van der Waals surface area contributed by atoms with Gasteiger partial charge >= 0.3 is 17.9 Å². The van der Waals surface area contributed by atoms with E-state index in [4.69, 9.17) is 18.9 Å². The monoisotopic (exact) mass is 989 g/mol. The lowest BCUT2D eigenvalue weighted by atomic mass is 10.0. The van der Waals surface area contributed by atoms with Gasteiger partial charge in [-0.2, -0.15) is 0 Å².